The van der Waals surface area contributed by atoms with E-state index in [-0.39, 0.29) is 0 Å². The number of methoxy groups -OCH3 is 1. The molecule has 0 radical (unpaired) electrons. The van der Waals surface area contributed by atoms with Gasteiger partial charge in [0.15, 0.2) is 5.11 Å². The van der Waals surface area contributed by atoms with Crippen molar-refractivity contribution in [2.24, 2.45) is 5.92 Å². The van der Waals surface area contributed by atoms with Crippen LogP contribution >= 0.6 is 12.2 Å². The number of piperidine rings is 1. The molecule has 2 aliphatic rings. The fourth-order valence-corrected chi connectivity index (χ4v) is 4.07. The third-order valence-corrected chi connectivity index (χ3v) is 5.55. The molecule has 1 aromatic rings. The summed E-state index contributed by atoms with van der Waals surface area (Å²) in [7, 11) is 3.66. The van der Waals surface area contributed by atoms with Crippen molar-refractivity contribution in [2.75, 3.05) is 27.2 Å². The molecule has 3 rings (SSSR count). The lowest BCUT2D eigenvalue weighted by Crippen LogP contribution is -2.43. The fraction of sp³-hybridized carbons (Fsp3) is 0.588. The van der Waals surface area contributed by atoms with Gasteiger partial charge in [0.25, 0.3) is 0 Å². The number of aryl methyl sites for hydroxylation is 1. The number of ether oxygens (including phenoxy) is 1. The van der Waals surface area contributed by atoms with Crippen molar-refractivity contribution in [3.05, 3.63) is 29.3 Å². The molecule has 1 aliphatic heterocycles. The van der Waals surface area contributed by atoms with Crippen molar-refractivity contribution in [1.29, 1.82) is 0 Å². The van der Waals surface area contributed by atoms with Crippen LogP contribution in [0, 0.1) is 5.92 Å². The Morgan fingerprint density at radius 3 is 2.71 bits per heavy atom. The topological polar surface area (TPSA) is 24.5 Å². The van der Waals surface area contributed by atoms with Crippen LogP contribution in [0.15, 0.2) is 18.2 Å². The third kappa shape index (κ3) is 2.86. The van der Waals surface area contributed by atoms with Crippen LogP contribution in [-0.4, -0.2) is 37.3 Å². The largest absolute Gasteiger partial charge is 0.497 e. The second-order valence-electron chi connectivity index (χ2n) is 6.09. The maximum Gasteiger partial charge on any atom is 0.168 e. The van der Waals surface area contributed by atoms with E-state index in [0.717, 1.165) is 29.9 Å². The molecule has 3 nitrogen and oxygen atoms in total. The zero-order valence-corrected chi connectivity index (χ0v) is 13.7. The lowest BCUT2D eigenvalue weighted by atomic mass is 9.81. The summed E-state index contributed by atoms with van der Waals surface area (Å²) in [5.41, 5.74) is 3.05. The van der Waals surface area contributed by atoms with Crippen molar-refractivity contribution in [3.8, 4) is 5.75 Å². The Kier molecular flexibility index (Phi) is 4.34. The van der Waals surface area contributed by atoms with Crippen LogP contribution in [0.3, 0.4) is 0 Å². The van der Waals surface area contributed by atoms with E-state index < -0.39 is 0 Å². The van der Waals surface area contributed by atoms with Crippen LogP contribution < -0.4 is 10.1 Å². The number of fused-ring (bicyclic) bond motifs is 1. The first kappa shape index (κ1) is 14.6. The van der Waals surface area contributed by atoms with E-state index in [1.807, 2.05) is 7.05 Å². The highest BCUT2D eigenvalue weighted by molar-refractivity contribution is 7.80. The summed E-state index contributed by atoms with van der Waals surface area (Å²) >= 11 is 5.34. The first-order chi connectivity index (χ1) is 10.2. The molecule has 4 heteroatoms. The highest BCUT2D eigenvalue weighted by Gasteiger charge is 2.32. The SMILES string of the molecule is CNC(=S)N1CCC(C2CCc3ccc(OC)cc32)CC1. The summed E-state index contributed by atoms with van der Waals surface area (Å²) in [4.78, 5) is 2.30. The molecule has 0 saturated carbocycles. The summed E-state index contributed by atoms with van der Waals surface area (Å²) in [5.74, 6) is 2.49. The van der Waals surface area contributed by atoms with E-state index in [4.69, 9.17) is 17.0 Å². The highest BCUT2D eigenvalue weighted by atomic mass is 32.1. The summed E-state index contributed by atoms with van der Waals surface area (Å²) in [6.45, 7) is 2.17. The molecule has 1 aromatic carbocycles. The Hall–Kier alpha value is -1.29. The van der Waals surface area contributed by atoms with Crippen LogP contribution in [0.5, 0.6) is 5.75 Å². The van der Waals surface area contributed by atoms with Crippen LogP contribution in [0.25, 0.3) is 0 Å². The predicted molar refractivity (Wildman–Crippen MR) is 90.0 cm³/mol. The van der Waals surface area contributed by atoms with E-state index in [0.29, 0.717) is 5.92 Å². The molecule has 0 aromatic heterocycles. The molecule has 1 saturated heterocycles. The fourth-order valence-electron chi connectivity index (χ4n) is 3.89. The maximum absolute atomic E-state index is 5.40. The van der Waals surface area contributed by atoms with Gasteiger partial charge in [-0.05, 0) is 73.0 Å². The lowest BCUT2D eigenvalue weighted by molar-refractivity contribution is 0.234. The normalized spacial score (nSPS) is 22.0. The Morgan fingerprint density at radius 1 is 1.29 bits per heavy atom. The number of nitrogens with one attached hydrogen (secondary N) is 1. The summed E-state index contributed by atoms with van der Waals surface area (Å²) in [5, 5.41) is 3.98. The quantitative estimate of drug-likeness (QED) is 0.849. The average molecular weight is 304 g/mol. The Bertz CT molecular complexity index is 524. The van der Waals surface area contributed by atoms with Gasteiger partial charge in [-0.3, -0.25) is 0 Å². The minimum absolute atomic E-state index is 0.709. The molecule has 0 amide bonds. The van der Waals surface area contributed by atoms with Gasteiger partial charge in [0.05, 0.1) is 7.11 Å². The van der Waals surface area contributed by atoms with Crippen molar-refractivity contribution in [3.63, 3.8) is 0 Å². The van der Waals surface area contributed by atoms with Gasteiger partial charge in [-0.1, -0.05) is 6.07 Å². The average Bonchev–Trinajstić information content (AvgIpc) is 2.97. The van der Waals surface area contributed by atoms with E-state index in [1.54, 1.807) is 7.11 Å². The Balaban J connectivity index is 1.69. The lowest BCUT2D eigenvalue weighted by Gasteiger charge is -2.36. The molecule has 1 aliphatic carbocycles. The monoisotopic (exact) mass is 304 g/mol. The van der Waals surface area contributed by atoms with E-state index in [2.05, 4.69) is 28.4 Å². The standard InChI is InChI=1S/C17H24N2OS/c1-18-17(21)19-9-7-13(8-10-19)15-6-4-12-3-5-14(20-2)11-16(12)15/h3,5,11,13,15H,4,6-10H2,1-2H3,(H,18,21). The van der Waals surface area contributed by atoms with Gasteiger partial charge in [-0.25, -0.2) is 0 Å². The van der Waals surface area contributed by atoms with Crippen molar-refractivity contribution >= 4 is 17.3 Å². The molecule has 1 unspecified atom stereocenters. The number of nitrogens with zero attached hydrogens (tertiary/aromatic N) is 1. The second kappa shape index (κ2) is 6.22. The number of benzene rings is 1. The molecule has 1 N–H and O–H groups in total. The van der Waals surface area contributed by atoms with Gasteiger partial charge in [0, 0.05) is 20.1 Å². The van der Waals surface area contributed by atoms with Gasteiger partial charge in [0.1, 0.15) is 5.75 Å². The van der Waals surface area contributed by atoms with Gasteiger partial charge in [0.2, 0.25) is 0 Å². The highest BCUT2D eigenvalue weighted by Crippen LogP contribution is 2.43. The summed E-state index contributed by atoms with van der Waals surface area (Å²) < 4.78 is 5.40. The third-order valence-electron chi connectivity index (χ3n) is 5.09. The first-order valence-corrected chi connectivity index (χ1v) is 8.27. The van der Waals surface area contributed by atoms with E-state index >= 15 is 0 Å². The Morgan fingerprint density at radius 2 is 2.05 bits per heavy atom. The van der Waals surface area contributed by atoms with Crippen molar-refractivity contribution in [2.45, 2.75) is 31.6 Å². The van der Waals surface area contributed by atoms with E-state index in [1.165, 1.54) is 36.8 Å². The molecular weight excluding hydrogens is 280 g/mol. The zero-order valence-electron chi connectivity index (χ0n) is 12.9. The second-order valence-corrected chi connectivity index (χ2v) is 6.48. The first-order valence-electron chi connectivity index (χ1n) is 7.86. The number of thiocarbonyl (C=S) groups is 1. The van der Waals surface area contributed by atoms with Crippen LogP contribution in [0.2, 0.25) is 0 Å². The van der Waals surface area contributed by atoms with Crippen LogP contribution in [0.4, 0.5) is 0 Å². The number of rotatable bonds is 2. The van der Waals surface area contributed by atoms with Crippen molar-refractivity contribution < 1.29 is 4.74 Å². The molecule has 21 heavy (non-hydrogen) atoms. The molecule has 1 atom stereocenters. The van der Waals surface area contributed by atoms with Gasteiger partial charge >= 0.3 is 0 Å². The molecule has 1 heterocycles. The summed E-state index contributed by atoms with van der Waals surface area (Å²) in [6, 6.07) is 6.60. The smallest absolute Gasteiger partial charge is 0.168 e. The van der Waals surface area contributed by atoms with Gasteiger partial charge in [-0.15, -0.1) is 0 Å². The van der Waals surface area contributed by atoms with E-state index in [9.17, 15) is 0 Å². The molecule has 0 bridgehead atoms. The zero-order chi connectivity index (χ0) is 14.8. The number of hydrogen-bond acceptors (Lipinski definition) is 2. The van der Waals surface area contributed by atoms with Gasteiger partial charge < -0.3 is 15.0 Å². The van der Waals surface area contributed by atoms with Gasteiger partial charge in [-0.2, -0.15) is 0 Å². The minimum atomic E-state index is 0.709. The summed E-state index contributed by atoms with van der Waals surface area (Å²) in [6.07, 6.45) is 5.00. The Labute approximate surface area is 132 Å². The van der Waals surface area contributed by atoms with Crippen molar-refractivity contribution in [1.82, 2.24) is 10.2 Å². The maximum atomic E-state index is 5.40. The number of likely N-dealkylation sites (tertiary alicyclic amines) is 1. The predicted octanol–water partition coefficient (Wildman–Crippen LogP) is 2.94. The molecular formula is C17H24N2OS. The molecule has 1 fully saturated rings. The minimum Gasteiger partial charge on any atom is -0.497 e. The number of hydrogen-bond donors (Lipinski definition) is 1. The molecule has 0 spiro atoms. The van der Waals surface area contributed by atoms with Crippen LogP contribution in [0.1, 0.15) is 36.3 Å². The van der Waals surface area contributed by atoms with Crippen LogP contribution in [-0.2, 0) is 6.42 Å². The molecule has 114 valence electrons.